The molecule has 2 nitrogen and oxygen atoms in total. The minimum atomic E-state index is 0.210. The van der Waals surface area contributed by atoms with Crippen molar-refractivity contribution >= 4 is 15.9 Å². The van der Waals surface area contributed by atoms with Gasteiger partial charge in [0, 0.05) is 12.5 Å². The van der Waals surface area contributed by atoms with Crippen LogP contribution in [-0.4, -0.2) is 13.7 Å². The summed E-state index contributed by atoms with van der Waals surface area (Å²) in [5, 5.41) is 3.45. The van der Waals surface area contributed by atoms with Gasteiger partial charge in [-0.05, 0) is 46.6 Å². The maximum Gasteiger partial charge on any atom is 0.133 e. The molecule has 0 aliphatic heterocycles. The van der Waals surface area contributed by atoms with Crippen molar-refractivity contribution in [1.82, 2.24) is 5.32 Å². The highest BCUT2D eigenvalue weighted by Gasteiger charge is 2.11. The summed E-state index contributed by atoms with van der Waals surface area (Å²) in [6, 6.07) is 6.27. The van der Waals surface area contributed by atoms with E-state index in [1.54, 1.807) is 7.11 Å². The molecule has 1 aromatic carbocycles. The number of methoxy groups -OCH3 is 1. The van der Waals surface area contributed by atoms with E-state index < -0.39 is 0 Å². The summed E-state index contributed by atoms with van der Waals surface area (Å²) < 4.78 is 6.17. The predicted octanol–water partition coefficient (Wildman–Crippen LogP) is 3.52. The molecule has 1 unspecified atom stereocenters. The van der Waals surface area contributed by atoms with Crippen LogP contribution in [0.4, 0.5) is 0 Å². The molecule has 0 bridgehead atoms. The maximum atomic E-state index is 5.41. The van der Waals surface area contributed by atoms with Crippen molar-refractivity contribution in [2.45, 2.75) is 25.8 Å². The first-order chi connectivity index (χ1) is 8.22. The van der Waals surface area contributed by atoms with Crippen LogP contribution in [0.25, 0.3) is 0 Å². The normalized spacial score (nSPS) is 11.9. The van der Waals surface area contributed by atoms with Gasteiger partial charge < -0.3 is 10.1 Å². The molecule has 0 heterocycles. The second-order valence-electron chi connectivity index (χ2n) is 3.81. The summed E-state index contributed by atoms with van der Waals surface area (Å²) in [5.41, 5.74) is 1.18. The molecule has 3 heteroatoms. The topological polar surface area (TPSA) is 21.3 Å². The number of ether oxygens (including phenoxy) is 1. The minimum absolute atomic E-state index is 0.210. The van der Waals surface area contributed by atoms with Crippen molar-refractivity contribution in [2.75, 3.05) is 13.7 Å². The quantitative estimate of drug-likeness (QED) is 0.811. The zero-order valence-electron chi connectivity index (χ0n) is 10.3. The van der Waals surface area contributed by atoms with Crippen LogP contribution < -0.4 is 10.1 Å². The van der Waals surface area contributed by atoms with Gasteiger partial charge >= 0.3 is 0 Å². The van der Waals surface area contributed by atoms with Crippen LogP contribution in [0.2, 0.25) is 0 Å². The van der Waals surface area contributed by atoms with E-state index in [9.17, 15) is 0 Å². The molecule has 0 aliphatic carbocycles. The lowest BCUT2D eigenvalue weighted by atomic mass is 10.0. The molecule has 17 heavy (non-hydrogen) atoms. The third-order valence-electron chi connectivity index (χ3n) is 2.54. The van der Waals surface area contributed by atoms with Crippen LogP contribution in [0.15, 0.2) is 22.7 Å². The Labute approximate surface area is 112 Å². The first-order valence-corrected chi connectivity index (χ1v) is 6.52. The zero-order valence-corrected chi connectivity index (χ0v) is 11.9. The summed E-state index contributed by atoms with van der Waals surface area (Å²) in [7, 11) is 1.66. The van der Waals surface area contributed by atoms with Gasteiger partial charge in [-0.15, -0.1) is 12.3 Å². The van der Waals surface area contributed by atoms with E-state index in [4.69, 9.17) is 11.2 Å². The van der Waals surface area contributed by atoms with E-state index in [0.29, 0.717) is 6.42 Å². The van der Waals surface area contributed by atoms with Gasteiger partial charge in [-0.1, -0.05) is 13.0 Å². The molecule has 0 saturated heterocycles. The van der Waals surface area contributed by atoms with Crippen LogP contribution >= 0.6 is 15.9 Å². The third-order valence-corrected chi connectivity index (χ3v) is 3.16. The molecule has 0 spiro atoms. The highest BCUT2D eigenvalue weighted by atomic mass is 79.9. The highest BCUT2D eigenvalue weighted by molar-refractivity contribution is 9.10. The number of halogens is 1. The number of rotatable bonds is 6. The Bertz CT molecular complexity index is 398. The summed E-state index contributed by atoms with van der Waals surface area (Å²) in [6.07, 6.45) is 7.20. The smallest absolute Gasteiger partial charge is 0.133 e. The second-order valence-corrected chi connectivity index (χ2v) is 4.66. The molecule has 0 radical (unpaired) electrons. The van der Waals surface area contributed by atoms with Gasteiger partial charge in [-0.3, -0.25) is 0 Å². The zero-order chi connectivity index (χ0) is 12.7. The molecule has 1 N–H and O–H groups in total. The first-order valence-electron chi connectivity index (χ1n) is 5.73. The maximum absolute atomic E-state index is 5.41. The summed E-state index contributed by atoms with van der Waals surface area (Å²) in [4.78, 5) is 0. The lowest BCUT2D eigenvalue weighted by Gasteiger charge is -2.17. The van der Waals surface area contributed by atoms with E-state index in [2.05, 4.69) is 40.2 Å². The van der Waals surface area contributed by atoms with Crippen molar-refractivity contribution in [3.8, 4) is 18.1 Å². The molecule has 1 aromatic rings. The monoisotopic (exact) mass is 295 g/mol. The predicted molar refractivity (Wildman–Crippen MR) is 75.2 cm³/mol. The van der Waals surface area contributed by atoms with E-state index in [0.717, 1.165) is 23.2 Å². The lowest BCUT2D eigenvalue weighted by Crippen LogP contribution is -2.21. The average molecular weight is 296 g/mol. The largest absolute Gasteiger partial charge is 0.496 e. The van der Waals surface area contributed by atoms with Crippen molar-refractivity contribution in [3.63, 3.8) is 0 Å². The Balaban J connectivity index is 2.86. The Morgan fingerprint density at radius 1 is 1.53 bits per heavy atom. The molecule has 0 aromatic heterocycles. The Hall–Kier alpha value is -0.980. The Kier molecular flexibility index (Phi) is 6.10. The molecule has 0 fully saturated rings. The highest BCUT2D eigenvalue weighted by Crippen LogP contribution is 2.28. The van der Waals surface area contributed by atoms with E-state index in [1.165, 1.54) is 5.56 Å². The van der Waals surface area contributed by atoms with Gasteiger partial charge in [-0.2, -0.15) is 0 Å². The van der Waals surface area contributed by atoms with Gasteiger partial charge in [0.05, 0.1) is 11.6 Å². The van der Waals surface area contributed by atoms with E-state index >= 15 is 0 Å². The average Bonchev–Trinajstić information content (AvgIpc) is 2.34. The number of hydrogen-bond donors (Lipinski definition) is 1. The third kappa shape index (κ3) is 4.07. The number of nitrogens with one attached hydrogen (secondary N) is 1. The molecule has 1 rings (SSSR count). The number of benzene rings is 1. The van der Waals surface area contributed by atoms with Gasteiger partial charge in [-0.25, -0.2) is 0 Å². The molecule has 1 atom stereocenters. The molecule has 0 saturated carbocycles. The summed E-state index contributed by atoms with van der Waals surface area (Å²) in [5.74, 6) is 3.55. The van der Waals surface area contributed by atoms with Crippen LogP contribution in [0.5, 0.6) is 5.75 Å². The van der Waals surface area contributed by atoms with Crippen molar-refractivity contribution in [2.24, 2.45) is 0 Å². The van der Waals surface area contributed by atoms with Gasteiger partial charge in [0.2, 0.25) is 0 Å². The van der Waals surface area contributed by atoms with E-state index in [1.807, 2.05) is 12.1 Å². The van der Waals surface area contributed by atoms with Crippen molar-refractivity contribution in [3.05, 3.63) is 28.2 Å². The van der Waals surface area contributed by atoms with Gasteiger partial charge in [0.15, 0.2) is 0 Å². The molecular weight excluding hydrogens is 278 g/mol. The van der Waals surface area contributed by atoms with E-state index in [-0.39, 0.29) is 6.04 Å². The standard InChI is InChI=1S/C14H18BrNO/c1-4-6-13(16-9-5-2)11-7-8-14(17-3)12(15)10-11/h1,7-8,10,13,16H,5-6,9H2,2-3H3. The fraction of sp³-hybridized carbons (Fsp3) is 0.429. The number of hydrogen-bond acceptors (Lipinski definition) is 2. The fourth-order valence-corrected chi connectivity index (χ4v) is 2.20. The second kappa shape index (κ2) is 7.37. The van der Waals surface area contributed by atoms with Crippen LogP contribution in [0.3, 0.4) is 0 Å². The molecule has 92 valence electrons. The molecule has 0 amide bonds. The van der Waals surface area contributed by atoms with Crippen molar-refractivity contribution in [1.29, 1.82) is 0 Å². The van der Waals surface area contributed by atoms with Crippen LogP contribution in [-0.2, 0) is 0 Å². The Morgan fingerprint density at radius 3 is 2.82 bits per heavy atom. The minimum Gasteiger partial charge on any atom is -0.496 e. The van der Waals surface area contributed by atoms with Gasteiger partial charge in [0.1, 0.15) is 5.75 Å². The summed E-state index contributed by atoms with van der Waals surface area (Å²) >= 11 is 3.49. The first kappa shape index (κ1) is 14.1. The summed E-state index contributed by atoms with van der Waals surface area (Å²) in [6.45, 7) is 3.11. The number of terminal acetylenes is 1. The van der Waals surface area contributed by atoms with Crippen LogP contribution in [0.1, 0.15) is 31.4 Å². The lowest BCUT2D eigenvalue weighted by molar-refractivity contribution is 0.411. The molecular formula is C14H18BrNO. The SMILES string of the molecule is C#CCC(NCCC)c1ccc(OC)c(Br)c1. The van der Waals surface area contributed by atoms with Crippen LogP contribution in [0, 0.1) is 12.3 Å². The Morgan fingerprint density at radius 2 is 2.29 bits per heavy atom. The fourth-order valence-electron chi connectivity index (χ4n) is 1.64. The molecule has 0 aliphatic rings. The van der Waals surface area contributed by atoms with Crippen molar-refractivity contribution < 1.29 is 4.74 Å². The van der Waals surface area contributed by atoms with Gasteiger partial charge in [0.25, 0.3) is 0 Å².